The van der Waals surface area contributed by atoms with Gasteiger partial charge in [-0.05, 0) is 50.5 Å². The summed E-state index contributed by atoms with van der Waals surface area (Å²) in [6.07, 6.45) is 0. The Labute approximate surface area is 186 Å². The Morgan fingerprint density at radius 3 is 1.23 bits per heavy atom. The van der Waals surface area contributed by atoms with Gasteiger partial charge < -0.3 is 9.84 Å². The van der Waals surface area contributed by atoms with Gasteiger partial charge >= 0.3 is 5.97 Å². The largest absolute Gasteiger partial charge is 0.481 e. The standard InChI is InChI=1S/C18H15P.C5H11NO2.C2H4O2/c1-4-10-16(11-5-1)19(17-12-6-2-7-13-17)18-14-8-3-9-15-18;1-5(7)8-4-6(2)3;1-2(3)4/h1-15H;4H2,1-3H3;1H3,(H,3,4)/p+1. The van der Waals surface area contributed by atoms with E-state index in [0.717, 1.165) is 6.92 Å². The molecule has 0 radical (unpaired) electrons. The van der Waals surface area contributed by atoms with E-state index in [1.54, 1.807) is 4.90 Å². The van der Waals surface area contributed by atoms with Gasteiger partial charge in [0.25, 0.3) is 5.97 Å². The minimum absolute atomic E-state index is 0.237. The molecule has 6 heteroatoms. The number of rotatable bonds is 5. The summed E-state index contributed by atoms with van der Waals surface area (Å²) in [5.41, 5.74) is 0. The molecule has 0 amide bonds. The molecule has 3 aromatic rings. The normalized spacial score (nSPS) is 9.74. The van der Waals surface area contributed by atoms with Crippen molar-refractivity contribution in [3.05, 3.63) is 91.0 Å². The number of hydrogen-bond donors (Lipinski definition) is 1. The van der Waals surface area contributed by atoms with Crippen LogP contribution in [-0.2, 0) is 14.3 Å². The van der Waals surface area contributed by atoms with Crippen LogP contribution in [0.1, 0.15) is 13.8 Å². The van der Waals surface area contributed by atoms with Crippen molar-refractivity contribution in [1.29, 1.82) is 0 Å². The fraction of sp³-hybridized carbons (Fsp3) is 0.200. The Kier molecular flexibility index (Phi) is 12.5. The number of aliphatic carboxylic acids is 1. The second-order valence-electron chi connectivity index (χ2n) is 6.84. The van der Waals surface area contributed by atoms with Crippen LogP contribution in [0.4, 0.5) is 0 Å². The summed E-state index contributed by atoms with van der Waals surface area (Å²) in [6.45, 7) is 2.85. The minimum atomic E-state index is -0.877. The molecule has 0 aliphatic heterocycles. The van der Waals surface area contributed by atoms with Gasteiger partial charge in [-0.2, -0.15) is 0 Å². The van der Waals surface area contributed by atoms with E-state index in [9.17, 15) is 4.79 Å². The molecule has 31 heavy (non-hydrogen) atoms. The Hall–Kier alpha value is -3.01. The Morgan fingerprint density at radius 1 is 0.742 bits per heavy atom. The molecule has 0 spiro atoms. The number of ether oxygens (including phenoxy) is 1. The van der Waals surface area contributed by atoms with E-state index in [1.807, 2.05) is 14.1 Å². The highest BCUT2D eigenvalue weighted by molar-refractivity contribution is 7.79. The molecule has 0 saturated heterocycles. The summed E-state index contributed by atoms with van der Waals surface area (Å²) in [5, 5.41) is 11.7. The van der Waals surface area contributed by atoms with Crippen molar-refractivity contribution < 1.29 is 19.4 Å². The highest BCUT2D eigenvalue weighted by Crippen LogP contribution is 2.32. The number of hydrogen-bond acceptors (Lipinski definition) is 4. The molecule has 0 aliphatic carbocycles. The average molecular weight is 441 g/mol. The Bertz CT molecular complexity index is 789. The van der Waals surface area contributed by atoms with Gasteiger partial charge in [-0.3, -0.25) is 14.5 Å². The molecule has 0 unspecified atom stereocenters. The topological polar surface area (TPSA) is 66.8 Å². The van der Waals surface area contributed by atoms with Crippen molar-refractivity contribution in [2.75, 3.05) is 20.8 Å². The summed E-state index contributed by atoms with van der Waals surface area (Å²) in [7, 11) is 2.80. The lowest BCUT2D eigenvalue weighted by atomic mass is 10.4. The maximum atomic E-state index is 10.1. The number of benzene rings is 3. The first kappa shape index (κ1) is 26.0. The molecule has 0 aliphatic rings. The quantitative estimate of drug-likeness (QED) is 0.375. The molecule has 0 atom stereocenters. The van der Waals surface area contributed by atoms with Gasteiger partial charge in [0.05, 0.1) is 7.92 Å². The predicted molar refractivity (Wildman–Crippen MR) is 130 cm³/mol. The number of carboxylic acids is 1. The zero-order valence-electron chi connectivity index (χ0n) is 18.5. The molecule has 0 heterocycles. The van der Waals surface area contributed by atoms with Crippen LogP contribution < -0.4 is 15.9 Å². The predicted octanol–water partition coefficient (Wildman–Crippen LogP) is 3.34. The molecule has 0 aromatic heterocycles. The molecule has 1 N–H and O–H groups in total. The maximum Gasteiger partial charge on any atom is 0.303 e. The maximum absolute atomic E-state index is 10.1. The molecule has 164 valence electrons. The van der Waals surface area contributed by atoms with E-state index in [2.05, 4.69) is 95.7 Å². The highest BCUT2D eigenvalue weighted by atomic mass is 31.1. The van der Waals surface area contributed by atoms with Crippen LogP contribution in [0.15, 0.2) is 91.0 Å². The Balaban J connectivity index is 0.000000336. The van der Waals surface area contributed by atoms with Crippen LogP contribution in [0, 0.1) is 0 Å². The first-order valence-electron chi connectivity index (χ1n) is 9.82. The summed E-state index contributed by atoms with van der Waals surface area (Å²) < 4.78 is 4.59. The van der Waals surface area contributed by atoms with Crippen LogP contribution in [-0.4, -0.2) is 42.8 Å². The number of carbonyl (C=O) groups is 2. The molecular weight excluding hydrogens is 409 g/mol. The van der Waals surface area contributed by atoms with Gasteiger partial charge in [0.2, 0.25) is 0 Å². The fourth-order valence-corrected chi connectivity index (χ4v) is 5.11. The lowest BCUT2D eigenvalue weighted by Gasteiger charge is -2.10. The summed E-state index contributed by atoms with van der Waals surface area (Å²) in [5.74, 6) is -1.07. The van der Waals surface area contributed by atoms with Crippen LogP contribution >= 0.6 is 7.92 Å². The van der Waals surface area contributed by atoms with Gasteiger partial charge in [-0.15, -0.1) is 0 Å². The molecular formula is C25H31NO4P+. The monoisotopic (exact) mass is 440 g/mol. The molecule has 0 saturated carbocycles. The van der Waals surface area contributed by atoms with Gasteiger partial charge in [0, 0.05) is 13.8 Å². The van der Waals surface area contributed by atoms with E-state index >= 15 is 0 Å². The van der Waals surface area contributed by atoms with Crippen LogP contribution in [0.2, 0.25) is 0 Å². The van der Waals surface area contributed by atoms with E-state index in [4.69, 9.17) is 9.90 Å². The summed E-state index contributed by atoms with van der Waals surface area (Å²) >= 11 is 0. The highest BCUT2D eigenvalue weighted by Gasteiger charge is 2.24. The van der Waals surface area contributed by atoms with Crippen LogP contribution in [0.25, 0.3) is 0 Å². The molecule has 0 bridgehead atoms. The molecule has 3 rings (SSSR count). The third-order valence-corrected chi connectivity index (χ3v) is 6.45. The lowest BCUT2D eigenvalue weighted by Crippen LogP contribution is -2.20. The first-order valence-corrected chi connectivity index (χ1v) is 11.3. The summed E-state index contributed by atoms with van der Waals surface area (Å²) in [4.78, 5) is 20.9. The first-order chi connectivity index (χ1) is 14.8. The number of nitrogens with zero attached hydrogens (tertiary/aromatic N) is 1. The lowest BCUT2D eigenvalue weighted by molar-refractivity contribution is -0.144. The van der Waals surface area contributed by atoms with Crippen molar-refractivity contribution in [1.82, 2.24) is 4.90 Å². The van der Waals surface area contributed by atoms with E-state index in [1.165, 1.54) is 22.8 Å². The summed E-state index contributed by atoms with van der Waals surface area (Å²) in [6, 6.07) is 32.5. The van der Waals surface area contributed by atoms with Gasteiger partial charge in [-0.25, -0.2) is 0 Å². The number of carboxylic acid groups (broad SMARTS) is 1. The van der Waals surface area contributed by atoms with Crippen molar-refractivity contribution in [3.8, 4) is 0 Å². The van der Waals surface area contributed by atoms with Gasteiger partial charge in [0.1, 0.15) is 22.6 Å². The molecule has 0 fully saturated rings. The second-order valence-corrected chi connectivity index (χ2v) is 9.32. The van der Waals surface area contributed by atoms with Crippen LogP contribution in [0.5, 0.6) is 0 Å². The molecule has 5 nitrogen and oxygen atoms in total. The zero-order valence-corrected chi connectivity index (χ0v) is 19.5. The van der Waals surface area contributed by atoms with E-state index in [0.29, 0.717) is 6.73 Å². The number of esters is 1. The van der Waals surface area contributed by atoms with Gasteiger partial charge in [0.15, 0.2) is 0 Å². The van der Waals surface area contributed by atoms with Gasteiger partial charge in [-0.1, -0.05) is 54.6 Å². The fourth-order valence-electron chi connectivity index (χ4n) is 2.53. The number of carbonyl (C=O) groups excluding carboxylic acids is 1. The minimum Gasteiger partial charge on any atom is -0.481 e. The van der Waals surface area contributed by atoms with Crippen molar-refractivity contribution in [2.24, 2.45) is 0 Å². The second kappa shape index (κ2) is 14.9. The smallest absolute Gasteiger partial charge is 0.303 e. The van der Waals surface area contributed by atoms with Crippen LogP contribution in [0.3, 0.4) is 0 Å². The zero-order chi connectivity index (χ0) is 23.1. The third-order valence-electron chi connectivity index (χ3n) is 3.71. The molecule has 3 aromatic carbocycles. The third kappa shape index (κ3) is 11.7. The SMILES string of the molecule is CC(=O)O.CC(=O)OCN(C)C.c1ccc([PH+](c2ccccc2)c2ccccc2)cc1. The van der Waals surface area contributed by atoms with E-state index < -0.39 is 13.9 Å². The van der Waals surface area contributed by atoms with E-state index in [-0.39, 0.29) is 5.97 Å². The van der Waals surface area contributed by atoms with Crippen molar-refractivity contribution in [3.63, 3.8) is 0 Å². The van der Waals surface area contributed by atoms with Crippen molar-refractivity contribution >= 4 is 35.8 Å². The average Bonchev–Trinajstić information content (AvgIpc) is 2.75. The Morgan fingerprint density at radius 2 is 1.03 bits per heavy atom. The van der Waals surface area contributed by atoms with Crippen molar-refractivity contribution in [2.45, 2.75) is 13.8 Å².